The minimum absolute atomic E-state index is 0.0615. The van der Waals surface area contributed by atoms with Gasteiger partial charge in [-0.1, -0.05) is 18.2 Å². The van der Waals surface area contributed by atoms with Gasteiger partial charge in [-0.05, 0) is 54.3 Å². The maximum atomic E-state index is 12.5. The van der Waals surface area contributed by atoms with E-state index < -0.39 is 9.84 Å². The van der Waals surface area contributed by atoms with E-state index in [2.05, 4.69) is 0 Å². The van der Waals surface area contributed by atoms with E-state index in [-0.39, 0.29) is 24.2 Å². The van der Waals surface area contributed by atoms with Crippen molar-refractivity contribution < 1.29 is 27.4 Å². The standard InChI is InChI=1S/C25H27NO6S/c1-33(28,29)21-7-4-17(5-8-21)19-6-9-22-20(15-19)16-31-25(32-22)18-10-12-26(13-11-18)24(27)23-3-2-14-30-23/h2,4-9,14-15,18,23,25H,3,10-13,16H2,1H3. The van der Waals surface area contributed by atoms with Crippen molar-refractivity contribution in [1.29, 1.82) is 0 Å². The number of carbonyl (C=O) groups excluding carboxylic acids is 1. The fraction of sp³-hybridized carbons (Fsp3) is 0.400. The Morgan fingerprint density at radius 2 is 1.76 bits per heavy atom. The Balaban J connectivity index is 1.21. The molecule has 33 heavy (non-hydrogen) atoms. The van der Waals surface area contributed by atoms with E-state index in [1.54, 1.807) is 18.4 Å². The maximum absolute atomic E-state index is 12.5. The van der Waals surface area contributed by atoms with Crippen molar-refractivity contribution in [2.75, 3.05) is 19.3 Å². The lowest BCUT2D eigenvalue weighted by Crippen LogP contribution is -2.47. The van der Waals surface area contributed by atoms with E-state index in [1.165, 1.54) is 6.26 Å². The Hall–Kier alpha value is -2.84. The van der Waals surface area contributed by atoms with Crippen molar-refractivity contribution in [1.82, 2.24) is 4.90 Å². The molecule has 0 radical (unpaired) electrons. The fourth-order valence-corrected chi connectivity index (χ4v) is 5.21. The molecular weight excluding hydrogens is 442 g/mol. The molecule has 2 unspecified atom stereocenters. The van der Waals surface area contributed by atoms with E-state index in [4.69, 9.17) is 14.2 Å². The summed E-state index contributed by atoms with van der Waals surface area (Å²) in [6.45, 7) is 1.82. The van der Waals surface area contributed by atoms with E-state index in [0.29, 0.717) is 31.0 Å². The monoisotopic (exact) mass is 469 g/mol. The summed E-state index contributed by atoms with van der Waals surface area (Å²) >= 11 is 0. The third-order valence-corrected chi connectivity index (χ3v) is 7.65. The van der Waals surface area contributed by atoms with Gasteiger partial charge >= 0.3 is 0 Å². The predicted molar refractivity (Wildman–Crippen MR) is 122 cm³/mol. The Labute approximate surface area is 193 Å². The van der Waals surface area contributed by atoms with Gasteiger partial charge in [-0.2, -0.15) is 0 Å². The average Bonchev–Trinajstić information content (AvgIpc) is 3.38. The largest absolute Gasteiger partial charge is 0.488 e. The van der Waals surface area contributed by atoms with Gasteiger partial charge in [-0.15, -0.1) is 0 Å². The van der Waals surface area contributed by atoms with Crippen LogP contribution >= 0.6 is 0 Å². The number of fused-ring (bicyclic) bond motifs is 1. The van der Waals surface area contributed by atoms with Crippen LogP contribution in [0.3, 0.4) is 0 Å². The zero-order valence-corrected chi connectivity index (χ0v) is 19.3. The molecule has 2 aromatic rings. The lowest BCUT2D eigenvalue weighted by molar-refractivity contribution is -0.157. The minimum Gasteiger partial charge on any atom is -0.488 e. The molecule has 1 saturated heterocycles. The van der Waals surface area contributed by atoms with Crippen LogP contribution in [0, 0.1) is 5.92 Å². The number of ether oxygens (including phenoxy) is 3. The summed E-state index contributed by atoms with van der Waals surface area (Å²) in [4.78, 5) is 14.7. The van der Waals surface area contributed by atoms with Gasteiger partial charge in [0.15, 0.2) is 15.9 Å². The molecule has 7 nitrogen and oxygen atoms in total. The molecule has 2 aromatic carbocycles. The first kappa shape index (κ1) is 22.0. The fourth-order valence-electron chi connectivity index (χ4n) is 4.58. The first-order valence-electron chi connectivity index (χ1n) is 11.2. The smallest absolute Gasteiger partial charge is 0.263 e. The van der Waals surface area contributed by atoms with Gasteiger partial charge in [0.2, 0.25) is 6.29 Å². The highest BCUT2D eigenvalue weighted by Crippen LogP contribution is 2.35. The SMILES string of the molecule is CS(=O)(=O)c1ccc(-c2ccc3c(c2)COC(C2CCN(C(=O)C4CC=CO4)CC2)O3)cc1. The topological polar surface area (TPSA) is 82.1 Å². The summed E-state index contributed by atoms with van der Waals surface area (Å²) in [7, 11) is -3.22. The molecule has 3 heterocycles. The van der Waals surface area contributed by atoms with Gasteiger partial charge < -0.3 is 19.1 Å². The first-order chi connectivity index (χ1) is 15.9. The van der Waals surface area contributed by atoms with Crippen LogP contribution in [0.2, 0.25) is 0 Å². The zero-order valence-electron chi connectivity index (χ0n) is 18.5. The number of rotatable bonds is 4. The number of sulfone groups is 1. The molecule has 0 bridgehead atoms. The molecule has 0 N–H and O–H groups in total. The van der Waals surface area contributed by atoms with Gasteiger partial charge in [0.05, 0.1) is 17.8 Å². The number of hydrogen-bond acceptors (Lipinski definition) is 6. The van der Waals surface area contributed by atoms with Crippen LogP contribution < -0.4 is 4.74 Å². The number of hydrogen-bond donors (Lipinski definition) is 0. The molecule has 5 rings (SSSR count). The van der Waals surface area contributed by atoms with Crippen LogP contribution in [0.25, 0.3) is 11.1 Å². The van der Waals surface area contributed by atoms with Gasteiger partial charge in [0.25, 0.3) is 5.91 Å². The highest BCUT2D eigenvalue weighted by atomic mass is 32.2. The molecule has 2 atom stereocenters. The number of carbonyl (C=O) groups is 1. The van der Waals surface area contributed by atoms with Crippen molar-refractivity contribution in [3.8, 4) is 16.9 Å². The molecule has 3 aliphatic heterocycles. The van der Waals surface area contributed by atoms with Crippen molar-refractivity contribution in [3.63, 3.8) is 0 Å². The molecule has 0 aromatic heterocycles. The number of amides is 1. The highest BCUT2D eigenvalue weighted by Gasteiger charge is 2.35. The van der Waals surface area contributed by atoms with E-state index in [1.807, 2.05) is 41.3 Å². The molecule has 0 spiro atoms. The lowest BCUT2D eigenvalue weighted by atomic mass is 9.95. The van der Waals surface area contributed by atoms with Crippen LogP contribution in [-0.2, 0) is 30.7 Å². The van der Waals surface area contributed by atoms with Gasteiger partial charge in [0.1, 0.15) is 5.75 Å². The molecular formula is C25H27NO6S. The summed E-state index contributed by atoms with van der Waals surface area (Å²) in [5.74, 6) is 1.10. The molecule has 0 aliphatic carbocycles. The minimum atomic E-state index is -3.22. The Bertz CT molecular complexity index is 1160. The number of benzene rings is 2. The van der Waals surface area contributed by atoms with Gasteiger partial charge in [-0.25, -0.2) is 8.42 Å². The van der Waals surface area contributed by atoms with Crippen molar-refractivity contribution >= 4 is 15.7 Å². The van der Waals surface area contributed by atoms with E-state index in [9.17, 15) is 13.2 Å². The lowest BCUT2D eigenvalue weighted by Gasteiger charge is -2.38. The molecule has 1 amide bonds. The number of piperidine rings is 1. The second kappa shape index (κ2) is 8.83. The third-order valence-electron chi connectivity index (χ3n) is 6.52. The maximum Gasteiger partial charge on any atom is 0.263 e. The average molecular weight is 470 g/mol. The van der Waals surface area contributed by atoms with Gasteiger partial charge in [-0.3, -0.25) is 4.79 Å². The molecule has 3 aliphatic rings. The zero-order chi connectivity index (χ0) is 23.0. The third kappa shape index (κ3) is 4.63. The van der Waals surface area contributed by atoms with Crippen LogP contribution in [0.15, 0.2) is 59.7 Å². The number of nitrogens with zero attached hydrogens (tertiary/aromatic N) is 1. The quantitative estimate of drug-likeness (QED) is 0.681. The van der Waals surface area contributed by atoms with Crippen LogP contribution in [0.1, 0.15) is 24.8 Å². The Kier molecular flexibility index (Phi) is 5.88. The molecule has 8 heteroatoms. The second-order valence-electron chi connectivity index (χ2n) is 8.81. The van der Waals surface area contributed by atoms with E-state index in [0.717, 1.165) is 35.3 Å². The predicted octanol–water partition coefficient (Wildman–Crippen LogP) is 3.53. The molecule has 0 saturated carbocycles. The highest BCUT2D eigenvalue weighted by molar-refractivity contribution is 7.90. The van der Waals surface area contributed by atoms with Crippen molar-refractivity contribution in [3.05, 3.63) is 60.4 Å². The molecule has 174 valence electrons. The van der Waals surface area contributed by atoms with Crippen molar-refractivity contribution in [2.24, 2.45) is 5.92 Å². The first-order valence-corrected chi connectivity index (χ1v) is 13.1. The normalized spacial score (nSPS) is 23.0. The summed E-state index contributed by atoms with van der Waals surface area (Å²) in [6, 6.07) is 12.8. The van der Waals surface area contributed by atoms with Crippen LogP contribution in [0.4, 0.5) is 0 Å². The van der Waals surface area contributed by atoms with Crippen LogP contribution in [0.5, 0.6) is 5.75 Å². The summed E-state index contributed by atoms with van der Waals surface area (Å²) in [6.07, 6.45) is 6.31. The number of likely N-dealkylation sites (tertiary alicyclic amines) is 1. The van der Waals surface area contributed by atoms with Crippen molar-refractivity contribution in [2.45, 2.75) is 43.2 Å². The van der Waals surface area contributed by atoms with E-state index >= 15 is 0 Å². The summed E-state index contributed by atoms with van der Waals surface area (Å²) in [5, 5.41) is 0. The Morgan fingerprint density at radius 3 is 2.42 bits per heavy atom. The summed E-state index contributed by atoms with van der Waals surface area (Å²) in [5.41, 5.74) is 2.88. The van der Waals surface area contributed by atoms with Crippen LogP contribution in [-0.4, -0.2) is 51.0 Å². The summed E-state index contributed by atoms with van der Waals surface area (Å²) < 4.78 is 41.0. The molecule has 1 fully saturated rings. The Morgan fingerprint density at radius 1 is 1.03 bits per heavy atom. The second-order valence-corrected chi connectivity index (χ2v) is 10.8. The van der Waals surface area contributed by atoms with Gasteiger partial charge in [0, 0.05) is 37.2 Å².